The molecule has 0 bridgehead atoms. The molecule has 1 aromatic rings. The van der Waals surface area contributed by atoms with Crippen LogP contribution in [0.2, 0.25) is 5.02 Å². The van der Waals surface area contributed by atoms with E-state index in [1.807, 2.05) is 6.92 Å². The van der Waals surface area contributed by atoms with Crippen LogP contribution in [0.3, 0.4) is 0 Å². The lowest BCUT2D eigenvalue weighted by Gasteiger charge is -2.44. The van der Waals surface area contributed by atoms with E-state index in [-0.39, 0.29) is 12.5 Å². The van der Waals surface area contributed by atoms with E-state index in [1.165, 1.54) is 0 Å². The molecule has 5 heteroatoms. The molecule has 1 aliphatic rings. The summed E-state index contributed by atoms with van der Waals surface area (Å²) >= 11 is 5.83. The van der Waals surface area contributed by atoms with E-state index in [2.05, 4.69) is 0 Å². The molecule has 1 aromatic carbocycles. The van der Waals surface area contributed by atoms with Crippen molar-refractivity contribution in [1.29, 1.82) is 0 Å². The van der Waals surface area contributed by atoms with Crippen LogP contribution < -0.4 is 4.74 Å². The maximum absolute atomic E-state index is 11.7. The molecule has 1 amide bonds. The number of aliphatic hydroxyl groups is 1. The summed E-state index contributed by atoms with van der Waals surface area (Å²) in [6.45, 7) is 4.31. The predicted molar refractivity (Wildman–Crippen MR) is 68.9 cm³/mol. The van der Waals surface area contributed by atoms with Crippen LogP contribution in [0.5, 0.6) is 5.75 Å². The van der Waals surface area contributed by atoms with Gasteiger partial charge in [-0.15, -0.1) is 0 Å². The van der Waals surface area contributed by atoms with Crippen molar-refractivity contribution in [2.75, 3.05) is 19.7 Å². The van der Waals surface area contributed by atoms with E-state index < -0.39 is 5.60 Å². The summed E-state index contributed by atoms with van der Waals surface area (Å²) in [5, 5.41) is 10.2. The number of likely N-dealkylation sites (tertiary alicyclic amines) is 1. The first-order chi connectivity index (χ1) is 8.37. The zero-order valence-corrected chi connectivity index (χ0v) is 11.2. The maximum atomic E-state index is 11.7. The van der Waals surface area contributed by atoms with Crippen molar-refractivity contribution in [3.05, 3.63) is 28.8 Å². The Labute approximate surface area is 111 Å². The van der Waals surface area contributed by atoms with Crippen LogP contribution in [0.25, 0.3) is 0 Å². The zero-order chi connectivity index (χ0) is 13.3. The molecule has 0 aromatic heterocycles. The number of nitrogens with zero attached hydrogens (tertiary/aromatic N) is 1. The fourth-order valence-electron chi connectivity index (χ4n) is 1.96. The fraction of sp³-hybridized carbons (Fsp3) is 0.462. The third-order valence-corrected chi connectivity index (χ3v) is 3.14. The maximum Gasteiger partial charge on any atom is 0.260 e. The zero-order valence-electron chi connectivity index (χ0n) is 10.4. The predicted octanol–water partition coefficient (Wildman–Crippen LogP) is 1.62. The van der Waals surface area contributed by atoms with Gasteiger partial charge in [0.05, 0.1) is 18.7 Å². The van der Waals surface area contributed by atoms with E-state index in [1.54, 1.807) is 30.0 Å². The van der Waals surface area contributed by atoms with E-state index in [0.717, 1.165) is 5.56 Å². The van der Waals surface area contributed by atoms with Gasteiger partial charge in [-0.2, -0.15) is 0 Å². The van der Waals surface area contributed by atoms with Crippen molar-refractivity contribution >= 4 is 17.5 Å². The van der Waals surface area contributed by atoms with Crippen LogP contribution in [0.1, 0.15) is 12.5 Å². The normalized spacial score (nSPS) is 17.2. The van der Waals surface area contributed by atoms with Crippen molar-refractivity contribution in [3.8, 4) is 5.75 Å². The Morgan fingerprint density at radius 1 is 1.56 bits per heavy atom. The van der Waals surface area contributed by atoms with Crippen LogP contribution in [0.4, 0.5) is 0 Å². The summed E-state index contributed by atoms with van der Waals surface area (Å²) in [4.78, 5) is 13.3. The lowest BCUT2D eigenvalue weighted by molar-refractivity contribution is -0.154. The molecular weight excluding hydrogens is 254 g/mol. The van der Waals surface area contributed by atoms with Crippen molar-refractivity contribution < 1.29 is 14.6 Å². The first kappa shape index (κ1) is 13.2. The SMILES string of the molecule is Cc1cc(Cl)ccc1OCC(=O)N1CC(C)(O)C1. The number of carbonyl (C=O) groups excluding carboxylic acids is 1. The molecular formula is C13H16ClNO3. The van der Waals surface area contributed by atoms with Gasteiger partial charge in [-0.1, -0.05) is 11.6 Å². The number of benzene rings is 1. The molecule has 1 saturated heterocycles. The van der Waals surface area contributed by atoms with Gasteiger partial charge in [0.1, 0.15) is 5.75 Å². The van der Waals surface area contributed by atoms with Crippen molar-refractivity contribution in [2.24, 2.45) is 0 Å². The number of β-amino-alcohol motifs (C(OH)–C–C–N with tert-alkyl or cyclic N) is 1. The summed E-state index contributed by atoms with van der Waals surface area (Å²) in [7, 11) is 0. The fourth-order valence-corrected chi connectivity index (χ4v) is 2.18. The molecule has 0 unspecified atom stereocenters. The third-order valence-electron chi connectivity index (χ3n) is 2.90. The van der Waals surface area contributed by atoms with Crippen molar-refractivity contribution in [1.82, 2.24) is 4.90 Å². The second kappa shape index (κ2) is 4.78. The Kier molecular flexibility index (Phi) is 3.50. The van der Waals surface area contributed by atoms with Gasteiger partial charge in [-0.05, 0) is 37.6 Å². The number of ether oxygens (including phenoxy) is 1. The molecule has 0 radical (unpaired) electrons. The third kappa shape index (κ3) is 2.94. The average molecular weight is 270 g/mol. The summed E-state index contributed by atoms with van der Waals surface area (Å²) < 4.78 is 5.45. The van der Waals surface area contributed by atoms with E-state index in [0.29, 0.717) is 23.9 Å². The Morgan fingerprint density at radius 2 is 2.22 bits per heavy atom. The van der Waals surface area contributed by atoms with E-state index in [4.69, 9.17) is 16.3 Å². The molecule has 98 valence electrons. The highest BCUT2D eigenvalue weighted by atomic mass is 35.5. The molecule has 4 nitrogen and oxygen atoms in total. The molecule has 18 heavy (non-hydrogen) atoms. The first-order valence-corrected chi connectivity index (χ1v) is 6.14. The largest absolute Gasteiger partial charge is 0.483 e. The molecule has 2 rings (SSSR count). The lowest BCUT2D eigenvalue weighted by atomic mass is 9.97. The second-order valence-electron chi connectivity index (χ2n) is 4.95. The first-order valence-electron chi connectivity index (χ1n) is 5.76. The molecule has 0 saturated carbocycles. The highest BCUT2D eigenvalue weighted by Crippen LogP contribution is 2.23. The van der Waals surface area contributed by atoms with Crippen LogP contribution >= 0.6 is 11.6 Å². The number of rotatable bonds is 3. The van der Waals surface area contributed by atoms with E-state index >= 15 is 0 Å². The monoisotopic (exact) mass is 269 g/mol. The highest BCUT2D eigenvalue weighted by Gasteiger charge is 2.39. The second-order valence-corrected chi connectivity index (χ2v) is 5.38. The minimum atomic E-state index is -0.744. The van der Waals surface area contributed by atoms with Gasteiger partial charge in [0.25, 0.3) is 5.91 Å². The molecule has 1 aliphatic heterocycles. The van der Waals surface area contributed by atoms with Crippen molar-refractivity contribution in [3.63, 3.8) is 0 Å². The smallest absolute Gasteiger partial charge is 0.260 e. The van der Waals surface area contributed by atoms with Gasteiger partial charge in [0.2, 0.25) is 0 Å². The van der Waals surface area contributed by atoms with Gasteiger partial charge in [0.15, 0.2) is 6.61 Å². The minimum Gasteiger partial charge on any atom is -0.483 e. The van der Waals surface area contributed by atoms with Crippen LogP contribution in [0.15, 0.2) is 18.2 Å². The van der Waals surface area contributed by atoms with Gasteiger partial charge < -0.3 is 14.7 Å². The van der Waals surface area contributed by atoms with Gasteiger partial charge >= 0.3 is 0 Å². The lowest BCUT2D eigenvalue weighted by Crippen LogP contribution is -2.62. The van der Waals surface area contributed by atoms with E-state index in [9.17, 15) is 9.90 Å². The molecule has 1 N–H and O–H groups in total. The summed E-state index contributed by atoms with van der Waals surface area (Å²) in [5.41, 5.74) is 0.150. The van der Waals surface area contributed by atoms with Gasteiger partial charge in [0, 0.05) is 5.02 Å². The number of halogens is 1. The van der Waals surface area contributed by atoms with Gasteiger partial charge in [-0.25, -0.2) is 0 Å². The molecule has 1 fully saturated rings. The Balaban J connectivity index is 1.86. The highest BCUT2D eigenvalue weighted by molar-refractivity contribution is 6.30. The molecule has 0 atom stereocenters. The van der Waals surface area contributed by atoms with Crippen LogP contribution in [0, 0.1) is 6.92 Å². The topological polar surface area (TPSA) is 49.8 Å². The Morgan fingerprint density at radius 3 is 2.78 bits per heavy atom. The Bertz CT molecular complexity index is 465. The number of amides is 1. The standard InChI is InChI=1S/C13H16ClNO3/c1-9-5-10(14)3-4-11(9)18-6-12(16)15-7-13(2,17)8-15/h3-5,17H,6-8H2,1-2H3. The molecule has 1 heterocycles. The minimum absolute atomic E-state index is 0.0153. The number of hydrogen-bond acceptors (Lipinski definition) is 3. The van der Waals surface area contributed by atoms with Crippen molar-refractivity contribution in [2.45, 2.75) is 19.4 Å². The van der Waals surface area contributed by atoms with Crippen LogP contribution in [-0.2, 0) is 4.79 Å². The van der Waals surface area contributed by atoms with Crippen LogP contribution in [-0.4, -0.2) is 41.2 Å². The Hall–Kier alpha value is -1.26. The quantitative estimate of drug-likeness (QED) is 0.907. The summed E-state index contributed by atoms with van der Waals surface area (Å²) in [6.07, 6.45) is 0. The number of hydrogen-bond donors (Lipinski definition) is 1. The molecule has 0 spiro atoms. The van der Waals surface area contributed by atoms with Gasteiger partial charge in [-0.3, -0.25) is 4.79 Å². The number of aryl methyl sites for hydroxylation is 1. The summed E-state index contributed by atoms with van der Waals surface area (Å²) in [5.74, 6) is 0.538. The molecule has 0 aliphatic carbocycles. The average Bonchev–Trinajstić information content (AvgIpc) is 2.24. The number of carbonyl (C=O) groups is 1. The summed E-state index contributed by atoms with van der Waals surface area (Å²) in [6, 6.07) is 5.26.